The number of aliphatic imine (C=N–C) groups is 1. The van der Waals surface area contributed by atoms with Crippen molar-refractivity contribution < 1.29 is 13.2 Å². The van der Waals surface area contributed by atoms with Crippen LogP contribution in [0, 0.1) is 0 Å². The molecule has 1 amide bonds. The van der Waals surface area contributed by atoms with Crippen molar-refractivity contribution in [2.24, 2.45) is 4.99 Å². The summed E-state index contributed by atoms with van der Waals surface area (Å²) in [5.41, 5.74) is 1.11. The molecule has 138 valence electrons. The zero-order chi connectivity index (χ0) is 18.3. The zero-order valence-corrected chi connectivity index (χ0v) is 15.6. The summed E-state index contributed by atoms with van der Waals surface area (Å²) in [6.07, 6.45) is 0.776. The second kappa shape index (κ2) is 8.84. The van der Waals surface area contributed by atoms with Crippen LogP contribution in [0.5, 0.6) is 0 Å². The Balaban J connectivity index is 1.76. The molecule has 1 saturated heterocycles. The monoisotopic (exact) mass is 366 g/mol. The average Bonchev–Trinajstić information content (AvgIpc) is 2.89. The lowest BCUT2D eigenvalue weighted by atomic mass is 10.2. The van der Waals surface area contributed by atoms with Crippen molar-refractivity contribution >= 4 is 21.7 Å². The Morgan fingerprint density at radius 1 is 1.28 bits per heavy atom. The predicted octanol–water partition coefficient (Wildman–Crippen LogP) is 0.387. The summed E-state index contributed by atoms with van der Waals surface area (Å²) in [6, 6.07) is 9.69. The van der Waals surface area contributed by atoms with Gasteiger partial charge in [0.2, 0.25) is 5.91 Å². The molecule has 0 saturated carbocycles. The fraction of sp³-hybridized carbons (Fsp3) is 0.529. The van der Waals surface area contributed by atoms with Gasteiger partial charge in [-0.05, 0) is 12.0 Å². The maximum absolute atomic E-state index is 11.9. The van der Waals surface area contributed by atoms with E-state index in [1.807, 2.05) is 49.3 Å². The Kier molecular flexibility index (Phi) is 6.81. The number of guanidine groups is 1. The van der Waals surface area contributed by atoms with Gasteiger partial charge >= 0.3 is 0 Å². The van der Waals surface area contributed by atoms with Gasteiger partial charge in [-0.15, -0.1) is 0 Å². The molecule has 0 spiro atoms. The first-order chi connectivity index (χ1) is 11.9. The maximum atomic E-state index is 11.9. The van der Waals surface area contributed by atoms with Crippen molar-refractivity contribution in [1.82, 2.24) is 15.5 Å². The largest absolute Gasteiger partial charge is 0.356 e. The normalized spacial score (nSPS) is 19.4. The van der Waals surface area contributed by atoms with Gasteiger partial charge < -0.3 is 15.5 Å². The number of rotatable bonds is 6. The molecule has 1 aliphatic heterocycles. The van der Waals surface area contributed by atoms with E-state index in [0.717, 1.165) is 5.56 Å². The number of carbonyl (C=O) groups is 1. The van der Waals surface area contributed by atoms with Gasteiger partial charge in [0.05, 0.1) is 18.1 Å². The van der Waals surface area contributed by atoms with Gasteiger partial charge in [-0.1, -0.05) is 30.3 Å². The average molecular weight is 366 g/mol. The molecule has 0 radical (unpaired) electrons. The number of benzene rings is 1. The molecule has 2 N–H and O–H groups in total. The van der Waals surface area contributed by atoms with Crippen LogP contribution in [0.15, 0.2) is 35.3 Å². The van der Waals surface area contributed by atoms with Crippen LogP contribution in [-0.4, -0.2) is 63.4 Å². The molecule has 1 heterocycles. The molecule has 1 fully saturated rings. The van der Waals surface area contributed by atoms with Crippen LogP contribution in [-0.2, 0) is 21.2 Å². The molecular weight excluding hydrogens is 340 g/mol. The van der Waals surface area contributed by atoms with E-state index in [1.54, 1.807) is 0 Å². The van der Waals surface area contributed by atoms with Crippen LogP contribution in [0.4, 0.5) is 0 Å². The van der Waals surface area contributed by atoms with Crippen molar-refractivity contribution in [2.45, 2.75) is 25.4 Å². The van der Waals surface area contributed by atoms with Crippen molar-refractivity contribution in [3.8, 4) is 0 Å². The number of nitrogens with zero attached hydrogens (tertiary/aromatic N) is 2. The van der Waals surface area contributed by atoms with Gasteiger partial charge in [0.15, 0.2) is 15.8 Å². The third kappa shape index (κ3) is 6.74. The second-order valence-corrected chi connectivity index (χ2v) is 8.59. The fourth-order valence-corrected chi connectivity index (χ4v) is 4.27. The smallest absolute Gasteiger partial charge is 0.222 e. The van der Waals surface area contributed by atoms with Crippen molar-refractivity contribution in [3.63, 3.8) is 0 Å². The van der Waals surface area contributed by atoms with Crippen LogP contribution < -0.4 is 10.6 Å². The summed E-state index contributed by atoms with van der Waals surface area (Å²) >= 11 is 0. The van der Waals surface area contributed by atoms with Crippen molar-refractivity contribution in [3.05, 3.63) is 35.9 Å². The van der Waals surface area contributed by atoms with Crippen molar-refractivity contribution in [1.29, 1.82) is 0 Å². The molecule has 0 aromatic heterocycles. The Bertz CT molecular complexity index is 702. The highest BCUT2D eigenvalue weighted by molar-refractivity contribution is 7.91. The number of amides is 1. The second-order valence-electron chi connectivity index (χ2n) is 6.36. The van der Waals surface area contributed by atoms with Gasteiger partial charge in [0, 0.05) is 33.1 Å². The van der Waals surface area contributed by atoms with E-state index in [0.29, 0.717) is 25.5 Å². The summed E-state index contributed by atoms with van der Waals surface area (Å²) in [7, 11) is 0.802. The maximum Gasteiger partial charge on any atom is 0.222 e. The minimum absolute atomic E-state index is 0.0493. The SMILES string of the molecule is CN(C)C(=NCc1ccccc1)NCCC(=O)NC1CCS(=O)(=O)C1. The zero-order valence-electron chi connectivity index (χ0n) is 14.7. The Hall–Kier alpha value is -2.09. The minimum atomic E-state index is -2.98. The Morgan fingerprint density at radius 2 is 2.00 bits per heavy atom. The first-order valence-electron chi connectivity index (χ1n) is 8.35. The molecule has 0 aliphatic carbocycles. The molecule has 8 heteroatoms. The summed E-state index contributed by atoms with van der Waals surface area (Å²) in [4.78, 5) is 18.3. The van der Waals surface area contributed by atoms with E-state index in [2.05, 4.69) is 15.6 Å². The van der Waals surface area contributed by atoms with E-state index >= 15 is 0 Å². The molecule has 7 nitrogen and oxygen atoms in total. The summed E-state index contributed by atoms with van der Waals surface area (Å²) in [5.74, 6) is 0.775. The predicted molar refractivity (Wildman–Crippen MR) is 99.1 cm³/mol. The van der Waals surface area contributed by atoms with E-state index in [4.69, 9.17) is 0 Å². The third-order valence-electron chi connectivity index (χ3n) is 3.91. The molecule has 1 aliphatic rings. The topological polar surface area (TPSA) is 90.9 Å². The molecule has 0 bridgehead atoms. The van der Waals surface area contributed by atoms with Crippen molar-refractivity contribution in [2.75, 3.05) is 32.1 Å². The summed E-state index contributed by atoms with van der Waals surface area (Å²) in [6.45, 7) is 1.00. The fourth-order valence-electron chi connectivity index (χ4n) is 2.60. The Labute approximate surface area is 149 Å². The highest BCUT2D eigenvalue weighted by Crippen LogP contribution is 2.11. The lowest BCUT2D eigenvalue weighted by molar-refractivity contribution is -0.121. The molecule has 1 aromatic rings. The van der Waals surface area contributed by atoms with Crippen LogP contribution in [0.2, 0.25) is 0 Å². The van der Waals surface area contributed by atoms with Gasteiger partial charge in [-0.3, -0.25) is 4.79 Å². The molecular formula is C17H26N4O3S. The van der Waals surface area contributed by atoms with Crippen LogP contribution in [0.1, 0.15) is 18.4 Å². The number of hydrogen-bond acceptors (Lipinski definition) is 4. The van der Waals surface area contributed by atoms with E-state index < -0.39 is 9.84 Å². The number of hydrogen-bond donors (Lipinski definition) is 2. The number of sulfone groups is 1. The first kappa shape index (κ1) is 19.2. The molecule has 2 rings (SSSR count). The highest BCUT2D eigenvalue weighted by Gasteiger charge is 2.28. The Morgan fingerprint density at radius 3 is 2.60 bits per heavy atom. The van der Waals surface area contributed by atoms with Gasteiger partial charge in [-0.25, -0.2) is 13.4 Å². The lowest BCUT2D eigenvalue weighted by Gasteiger charge is -2.18. The van der Waals surface area contributed by atoms with E-state index in [1.165, 1.54) is 0 Å². The standard InChI is InChI=1S/C17H26N4O3S/c1-21(2)17(19-12-14-6-4-3-5-7-14)18-10-8-16(22)20-15-9-11-25(23,24)13-15/h3-7,15H,8-13H2,1-2H3,(H,18,19)(H,20,22). The third-order valence-corrected chi connectivity index (χ3v) is 5.68. The summed E-state index contributed by atoms with van der Waals surface area (Å²) in [5, 5.41) is 5.94. The van der Waals surface area contributed by atoms with Gasteiger partial charge in [0.1, 0.15) is 0 Å². The number of carbonyl (C=O) groups excluding carboxylic acids is 1. The van der Waals surface area contributed by atoms with Crippen LogP contribution in [0.25, 0.3) is 0 Å². The van der Waals surface area contributed by atoms with Crippen LogP contribution >= 0.6 is 0 Å². The lowest BCUT2D eigenvalue weighted by Crippen LogP contribution is -2.40. The first-order valence-corrected chi connectivity index (χ1v) is 10.2. The quantitative estimate of drug-likeness (QED) is 0.561. The van der Waals surface area contributed by atoms with Gasteiger partial charge in [-0.2, -0.15) is 0 Å². The molecule has 1 aromatic carbocycles. The van der Waals surface area contributed by atoms with E-state index in [9.17, 15) is 13.2 Å². The number of nitrogens with one attached hydrogen (secondary N) is 2. The highest BCUT2D eigenvalue weighted by atomic mass is 32.2. The van der Waals surface area contributed by atoms with Gasteiger partial charge in [0.25, 0.3) is 0 Å². The minimum Gasteiger partial charge on any atom is -0.356 e. The van der Waals surface area contributed by atoms with Crippen LogP contribution in [0.3, 0.4) is 0 Å². The summed E-state index contributed by atoms with van der Waals surface area (Å²) < 4.78 is 22.8. The molecule has 25 heavy (non-hydrogen) atoms. The molecule has 1 unspecified atom stereocenters. The molecule has 1 atom stereocenters. The van der Waals surface area contributed by atoms with E-state index in [-0.39, 0.29) is 29.9 Å².